The van der Waals surface area contributed by atoms with Gasteiger partial charge in [-0.25, -0.2) is 0 Å². The summed E-state index contributed by atoms with van der Waals surface area (Å²) in [6, 6.07) is 7.19. The van der Waals surface area contributed by atoms with E-state index in [9.17, 15) is 9.90 Å². The number of aliphatic hydroxyl groups is 1. The third-order valence-corrected chi connectivity index (χ3v) is 2.95. The van der Waals surface area contributed by atoms with E-state index >= 15 is 0 Å². The topological polar surface area (TPSA) is 49.3 Å². The summed E-state index contributed by atoms with van der Waals surface area (Å²) in [6.45, 7) is 3.80. The lowest BCUT2D eigenvalue weighted by molar-refractivity contribution is -0.117. The fourth-order valence-electron chi connectivity index (χ4n) is 1.21. The first kappa shape index (κ1) is 14.7. The average Bonchev–Trinajstić information content (AvgIpc) is 2.36. The van der Waals surface area contributed by atoms with Gasteiger partial charge in [0.15, 0.2) is 0 Å². The number of hydrogen-bond donors (Lipinski definition) is 2. The lowest BCUT2D eigenvalue weighted by Crippen LogP contribution is -2.39. The summed E-state index contributed by atoms with van der Waals surface area (Å²) >= 11 is 5.76. The first-order valence-electron chi connectivity index (χ1n) is 5.87. The Labute approximate surface area is 112 Å². The van der Waals surface area contributed by atoms with E-state index in [1.54, 1.807) is 25.1 Å². The molecule has 0 fully saturated rings. The van der Waals surface area contributed by atoms with Crippen molar-refractivity contribution in [2.45, 2.75) is 25.9 Å². The zero-order valence-electron chi connectivity index (χ0n) is 10.6. The first-order valence-corrected chi connectivity index (χ1v) is 6.24. The van der Waals surface area contributed by atoms with Gasteiger partial charge in [0.1, 0.15) is 0 Å². The molecule has 1 atom stereocenters. The van der Waals surface area contributed by atoms with E-state index < -0.39 is 5.60 Å². The summed E-state index contributed by atoms with van der Waals surface area (Å²) in [5.74, 6) is -0.223. The molecule has 0 bridgehead atoms. The van der Waals surface area contributed by atoms with Gasteiger partial charge in [-0.15, -0.1) is 0 Å². The number of hydrogen-bond acceptors (Lipinski definition) is 2. The fourth-order valence-corrected chi connectivity index (χ4v) is 1.33. The van der Waals surface area contributed by atoms with E-state index in [0.29, 0.717) is 11.4 Å². The SMILES string of the molecule is CCC(C)(O)CNC(=O)C=Cc1ccc(Cl)cc1. The second kappa shape index (κ2) is 6.57. The molecule has 2 N–H and O–H groups in total. The number of amides is 1. The number of rotatable bonds is 5. The second-order valence-corrected chi connectivity index (χ2v) is 4.89. The van der Waals surface area contributed by atoms with Crippen LogP contribution < -0.4 is 5.32 Å². The van der Waals surface area contributed by atoms with E-state index in [4.69, 9.17) is 11.6 Å². The number of nitrogens with one attached hydrogen (secondary N) is 1. The molecule has 4 heteroatoms. The molecule has 0 saturated heterocycles. The minimum atomic E-state index is -0.857. The first-order chi connectivity index (χ1) is 8.43. The van der Waals surface area contributed by atoms with Gasteiger partial charge in [-0.3, -0.25) is 4.79 Å². The maximum Gasteiger partial charge on any atom is 0.244 e. The third kappa shape index (κ3) is 5.34. The van der Waals surface area contributed by atoms with E-state index in [2.05, 4.69) is 5.32 Å². The minimum absolute atomic E-state index is 0.223. The molecule has 0 aliphatic rings. The van der Waals surface area contributed by atoms with Crippen LogP contribution in [0.15, 0.2) is 30.3 Å². The van der Waals surface area contributed by atoms with Crippen molar-refractivity contribution in [2.24, 2.45) is 0 Å². The normalized spacial score (nSPS) is 14.4. The molecule has 18 heavy (non-hydrogen) atoms. The molecular formula is C14H18ClNO2. The summed E-state index contributed by atoms with van der Waals surface area (Å²) < 4.78 is 0. The van der Waals surface area contributed by atoms with Crippen molar-refractivity contribution in [1.29, 1.82) is 0 Å². The molecule has 1 amide bonds. The van der Waals surface area contributed by atoms with E-state index in [1.807, 2.05) is 19.1 Å². The molecule has 0 heterocycles. The van der Waals surface area contributed by atoms with Gasteiger partial charge < -0.3 is 10.4 Å². The molecule has 0 radical (unpaired) electrons. The van der Waals surface area contributed by atoms with Gasteiger partial charge in [-0.1, -0.05) is 30.7 Å². The van der Waals surface area contributed by atoms with Gasteiger partial charge in [0.05, 0.1) is 5.60 Å². The van der Waals surface area contributed by atoms with Crippen molar-refractivity contribution in [3.05, 3.63) is 40.9 Å². The van der Waals surface area contributed by atoms with Crippen LogP contribution in [0.3, 0.4) is 0 Å². The second-order valence-electron chi connectivity index (χ2n) is 4.45. The van der Waals surface area contributed by atoms with Crippen molar-refractivity contribution < 1.29 is 9.90 Å². The van der Waals surface area contributed by atoms with E-state index in [-0.39, 0.29) is 12.5 Å². The molecule has 1 aromatic carbocycles. The number of halogens is 1. The lowest BCUT2D eigenvalue weighted by atomic mass is 10.0. The molecule has 0 saturated carbocycles. The molecule has 0 spiro atoms. The molecule has 0 aliphatic heterocycles. The predicted octanol–water partition coefficient (Wildman–Crippen LogP) is 2.63. The van der Waals surface area contributed by atoms with Crippen LogP contribution in [-0.4, -0.2) is 23.2 Å². The Hall–Kier alpha value is -1.32. The Bertz CT molecular complexity index is 424. The quantitative estimate of drug-likeness (QED) is 0.806. The standard InChI is InChI=1S/C14H18ClNO2/c1-3-14(2,18)10-16-13(17)9-6-11-4-7-12(15)8-5-11/h4-9,18H,3,10H2,1-2H3,(H,16,17). The minimum Gasteiger partial charge on any atom is -0.388 e. The van der Waals surface area contributed by atoms with Gasteiger partial charge in [0.25, 0.3) is 0 Å². The molecule has 1 aromatic rings. The molecule has 0 aliphatic carbocycles. The van der Waals surface area contributed by atoms with E-state index in [1.165, 1.54) is 6.08 Å². The maximum atomic E-state index is 11.5. The molecule has 98 valence electrons. The zero-order valence-corrected chi connectivity index (χ0v) is 11.4. The number of carbonyl (C=O) groups excluding carboxylic acids is 1. The summed E-state index contributed by atoms with van der Waals surface area (Å²) in [7, 11) is 0. The fraction of sp³-hybridized carbons (Fsp3) is 0.357. The van der Waals surface area contributed by atoms with Crippen molar-refractivity contribution in [1.82, 2.24) is 5.32 Å². The van der Waals surface area contributed by atoms with Gasteiger partial charge in [0.2, 0.25) is 5.91 Å². The predicted molar refractivity (Wildman–Crippen MR) is 74.4 cm³/mol. The molecular weight excluding hydrogens is 250 g/mol. The highest BCUT2D eigenvalue weighted by molar-refractivity contribution is 6.30. The van der Waals surface area contributed by atoms with E-state index in [0.717, 1.165) is 5.56 Å². The van der Waals surface area contributed by atoms with Crippen molar-refractivity contribution in [2.75, 3.05) is 6.54 Å². The smallest absolute Gasteiger partial charge is 0.244 e. The molecule has 3 nitrogen and oxygen atoms in total. The van der Waals surface area contributed by atoms with Crippen LogP contribution in [0, 0.1) is 0 Å². The third-order valence-electron chi connectivity index (χ3n) is 2.70. The number of carbonyl (C=O) groups is 1. The molecule has 1 unspecified atom stereocenters. The highest BCUT2D eigenvalue weighted by Gasteiger charge is 2.17. The van der Waals surface area contributed by atoms with Crippen LogP contribution >= 0.6 is 11.6 Å². The van der Waals surface area contributed by atoms with Gasteiger partial charge in [-0.05, 0) is 37.1 Å². The Morgan fingerprint density at radius 1 is 1.44 bits per heavy atom. The Morgan fingerprint density at radius 2 is 2.06 bits per heavy atom. The van der Waals surface area contributed by atoms with Gasteiger partial charge >= 0.3 is 0 Å². The summed E-state index contributed by atoms with van der Waals surface area (Å²) in [5, 5.41) is 13.1. The van der Waals surface area contributed by atoms with Crippen LogP contribution in [0.25, 0.3) is 6.08 Å². The van der Waals surface area contributed by atoms with Gasteiger partial charge in [-0.2, -0.15) is 0 Å². The van der Waals surface area contributed by atoms with Crippen LogP contribution in [0.2, 0.25) is 5.02 Å². The Balaban J connectivity index is 2.47. The van der Waals surface area contributed by atoms with Crippen molar-refractivity contribution in [3.8, 4) is 0 Å². The summed E-state index contributed by atoms with van der Waals surface area (Å²) in [6.07, 6.45) is 3.73. The highest BCUT2D eigenvalue weighted by atomic mass is 35.5. The van der Waals surface area contributed by atoms with Crippen molar-refractivity contribution in [3.63, 3.8) is 0 Å². The lowest BCUT2D eigenvalue weighted by Gasteiger charge is -2.20. The maximum absolute atomic E-state index is 11.5. The van der Waals surface area contributed by atoms with Crippen molar-refractivity contribution >= 4 is 23.6 Å². The summed E-state index contributed by atoms with van der Waals surface area (Å²) in [5.41, 5.74) is 0.0424. The Kier molecular flexibility index (Phi) is 5.38. The van der Waals surface area contributed by atoms with Gasteiger partial charge in [0, 0.05) is 17.6 Å². The largest absolute Gasteiger partial charge is 0.388 e. The summed E-state index contributed by atoms with van der Waals surface area (Å²) in [4.78, 5) is 11.5. The zero-order chi connectivity index (χ0) is 13.6. The molecule has 0 aromatic heterocycles. The average molecular weight is 268 g/mol. The van der Waals surface area contributed by atoms with Crippen LogP contribution in [0.5, 0.6) is 0 Å². The number of benzene rings is 1. The van der Waals surface area contributed by atoms with Crippen LogP contribution in [0.4, 0.5) is 0 Å². The monoisotopic (exact) mass is 267 g/mol. The van der Waals surface area contributed by atoms with Crippen LogP contribution in [0.1, 0.15) is 25.8 Å². The van der Waals surface area contributed by atoms with Crippen LogP contribution in [-0.2, 0) is 4.79 Å². The molecule has 1 rings (SSSR count). The highest BCUT2D eigenvalue weighted by Crippen LogP contribution is 2.10. The Morgan fingerprint density at radius 3 is 2.61 bits per heavy atom.